The summed E-state index contributed by atoms with van der Waals surface area (Å²) >= 11 is 0. The fourth-order valence-electron chi connectivity index (χ4n) is 2.61. The number of hydrogen-bond acceptors (Lipinski definition) is 7. The Morgan fingerprint density at radius 1 is 0.970 bits per heavy atom. The van der Waals surface area contributed by atoms with Crippen molar-refractivity contribution in [3.63, 3.8) is 0 Å². The number of carbonyl (C=O) groups excluding carboxylic acids is 3. The molecule has 0 aliphatic heterocycles. The van der Waals surface area contributed by atoms with Gasteiger partial charge in [-0.15, -0.1) is 0 Å². The topological polar surface area (TPSA) is 252 Å². The van der Waals surface area contributed by atoms with Crippen molar-refractivity contribution in [2.45, 2.75) is 64.1 Å². The van der Waals surface area contributed by atoms with Crippen molar-refractivity contribution in [2.24, 2.45) is 28.1 Å². The van der Waals surface area contributed by atoms with Crippen LogP contribution in [0, 0.1) is 5.92 Å². The molecule has 0 aliphatic carbocycles. The van der Waals surface area contributed by atoms with Crippen LogP contribution in [-0.4, -0.2) is 77.0 Å². The lowest BCUT2D eigenvalue weighted by Crippen LogP contribution is -2.54. The Morgan fingerprint density at radius 2 is 1.61 bits per heavy atom. The number of nitrogens with two attached hydrogens (primary N) is 3. The summed E-state index contributed by atoms with van der Waals surface area (Å²) in [7, 11) is 0. The Bertz CT molecular complexity index is 725. The molecule has 4 atom stereocenters. The zero-order chi connectivity index (χ0) is 25.6. The average Bonchev–Trinajstić information content (AvgIpc) is 2.74. The molecular formula is C19H35N7O7. The van der Waals surface area contributed by atoms with Crippen LogP contribution in [0.25, 0.3) is 0 Å². The first kappa shape index (κ1) is 29.6. The van der Waals surface area contributed by atoms with Gasteiger partial charge in [0, 0.05) is 13.0 Å². The van der Waals surface area contributed by atoms with Crippen LogP contribution in [0.5, 0.6) is 0 Å². The van der Waals surface area contributed by atoms with Crippen LogP contribution in [0.2, 0.25) is 0 Å². The van der Waals surface area contributed by atoms with Gasteiger partial charge in [-0.05, 0) is 25.2 Å². The van der Waals surface area contributed by atoms with Crippen molar-refractivity contribution in [3.05, 3.63) is 0 Å². The van der Waals surface area contributed by atoms with E-state index < -0.39 is 60.8 Å². The number of rotatable bonds is 16. The first-order chi connectivity index (χ1) is 15.4. The second-order valence-electron chi connectivity index (χ2n) is 7.53. The molecule has 14 nitrogen and oxygen atoms in total. The smallest absolute Gasteiger partial charge is 0.326 e. The zero-order valence-electron chi connectivity index (χ0n) is 18.9. The Balaban J connectivity index is 5.02. The van der Waals surface area contributed by atoms with E-state index in [-0.39, 0.29) is 37.7 Å². The standard InChI is InChI=1S/C19H35N7O7/c1-3-10(2)15(20)17(31)24-9-13(27)25-11(6-7-14(28)29)16(30)26-12(18(32)33)5-4-8-23-19(21)22/h10-12,15H,3-9,20H2,1-2H3,(H,24,31)(H,25,27)(H,26,30)(H,28,29)(H,32,33)(H4,21,22,23). The van der Waals surface area contributed by atoms with E-state index in [0.29, 0.717) is 6.42 Å². The third kappa shape index (κ3) is 12.9. The highest BCUT2D eigenvalue weighted by Gasteiger charge is 2.27. The molecule has 33 heavy (non-hydrogen) atoms. The molecule has 0 spiro atoms. The molecule has 0 aromatic heterocycles. The molecule has 3 amide bonds. The second kappa shape index (κ2) is 15.4. The predicted octanol–water partition coefficient (Wildman–Crippen LogP) is -2.55. The van der Waals surface area contributed by atoms with Crippen molar-refractivity contribution in [1.29, 1.82) is 0 Å². The van der Waals surface area contributed by atoms with E-state index in [4.69, 9.17) is 22.3 Å². The van der Waals surface area contributed by atoms with Gasteiger partial charge >= 0.3 is 11.9 Å². The van der Waals surface area contributed by atoms with Crippen molar-refractivity contribution in [1.82, 2.24) is 16.0 Å². The van der Waals surface area contributed by atoms with Gasteiger partial charge in [-0.3, -0.25) is 24.2 Å². The summed E-state index contributed by atoms with van der Waals surface area (Å²) in [5.74, 6) is -4.96. The van der Waals surface area contributed by atoms with Crippen LogP contribution in [0.15, 0.2) is 4.99 Å². The lowest BCUT2D eigenvalue weighted by Gasteiger charge is -2.22. The molecule has 188 valence electrons. The third-order valence-corrected chi connectivity index (χ3v) is 4.84. The summed E-state index contributed by atoms with van der Waals surface area (Å²) in [4.78, 5) is 62.9. The SMILES string of the molecule is CCC(C)C(N)C(=O)NCC(=O)NC(CCC(=O)O)C(=O)NC(CCCN=C(N)N)C(=O)O. The highest BCUT2D eigenvalue weighted by molar-refractivity contribution is 5.92. The molecule has 0 radical (unpaired) electrons. The summed E-state index contributed by atoms with van der Waals surface area (Å²) in [5.41, 5.74) is 16.2. The van der Waals surface area contributed by atoms with Crippen LogP contribution in [-0.2, 0) is 24.0 Å². The first-order valence-corrected chi connectivity index (χ1v) is 10.5. The van der Waals surface area contributed by atoms with Crippen molar-refractivity contribution >= 4 is 35.6 Å². The van der Waals surface area contributed by atoms with E-state index in [1.807, 2.05) is 6.92 Å². The molecule has 0 aliphatic rings. The normalized spacial score (nSPS) is 14.2. The zero-order valence-corrected chi connectivity index (χ0v) is 18.9. The number of aliphatic imine (C=N–C) groups is 1. The van der Waals surface area contributed by atoms with Crippen molar-refractivity contribution in [2.75, 3.05) is 13.1 Å². The van der Waals surface area contributed by atoms with Crippen molar-refractivity contribution < 1.29 is 34.2 Å². The van der Waals surface area contributed by atoms with E-state index in [9.17, 15) is 29.1 Å². The van der Waals surface area contributed by atoms with Crippen LogP contribution in [0.3, 0.4) is 0 Å². The van der Waals surface area contributed by atoms with E-state index in [1.54, 1.807) is 6.92 Å². The minimum Gasteiger partial charge on any atom is -0.481 e. The van der Waals surface area contributed by atoms with Crippen molar-refractivity contribution in [3.8, 4) is 0 Å². The van der Waals surface area contributed by atoms with E-state index >= 15 is 0 Å². The molecule has 0 fully saturated rings. The van der Waals surface area contributed by atoms with Gasteiger partial charge in [0.15, 0.2) is 5.96 Å². The van der Waals surface area contributed by atoms with E-state index in [1.165, 1.54) is 0 Å². The van der Waals surface area contributed by atoms with Gasteiger partial charge in [-0.1, -0.05) is 20.3 Å². The number of aliphatic carboxylic acids is 2. The Labute approximate surface area is 191 Å². The molecule has 0 aromatic carbocycles. The minimum atomic E-state index is -1.33. The maximum Gasteiger partial charge on any atom is 0.326 e. The number of carbonyl (C=O) groups is 5. The third-order valence-electron chi connectivity index (χ3n) is 4.84. The minimum absolute atomic E-state index is 0.00100. The van der Waals surface area contributed by atoms with Gasteiger partial charge in [-0.25, -0.2) is 4.79 Å². The molecular weight excluding hydrogens is 438 g/mol. The van der Waals surface area contributed by atoms with Gasteiger partial charge in [0.25, 0.3) is 0 Å². The molecule has 0 saturated carbocycles. The van der Waals surface area contributed by atoms with Gasteiger partial charge in [0.1, 0.15) is 12.1 Å². The number of guanidine groups is 1. The monoisotopic (exact) mass is 473 g/mol. The largest absolute Gasteiger partial charge is 0.481 e. The van der Waals surface area contributed by atoms with E-state index in [0.717, 1.165) is 0 Å². The molecule has 14 heteroatoms. The molecule has 0 heterocycles. The van der Waals surface area contributed by atoms with Crippen LogP contribution in [0.4, 0.5) is 0 Å². The quantitative estimate of drug-likeness (QED) is 0.0661. The maximum atomic E-state index is 12.6. The number of nitrogens with one attached hydrogen (secondary N) is 3. The lowest BCUT2D eigenvalue weighted by molar-refractivity contribution is -0.143. The number of nitrogens with zero attached hydrogens (tertiary/aromatic N) is 1. The van der Waals surface area contributed by atoms with Gasteiger partial charge in [-0.2, -0.15) is 0 Å². The van der Waals surface area contributed by atoms with Gasteiger partial charge < -0.3 is 43.4 Å². The fraction of sp³-hybridized carbons (Fsp3) is 0.684. The molecule has 0 rings (SSSR count). The van der Waals surface area contributed by atoms with E-state index in [2.05, 4.69) is 20.9 Å². The Kier molecular flexibility index (Phi) is 13.8. The summed E-state index contributed by atoms with van der Waals surface area (Å²) in [6.45, 7) is 3.31. The van der Waals surface area contributed by atoms with Crippen LogP contribution >= 0.6 is 0 Å². The van der Waals surface area contributed by atoms with Crippen LogP contribution < -0.4 is 33.2 Å². The molecule has 11 N–H and O–H groups in total. The fourth-order valence-corrected chi connectivity index (χ4v) is 2.61. The average molecular weight is 474 g/mol. The number of amides is 3. The van der Waals surface area contributed by atoms with Gasteiger partial charge in [0.05, 0.1) is 12.6 Å². The molecule has 0 aromatic rings. The van der Waals surface area contributed by atoms with Crippen LogP contribution in [0.1, 0.15) is 46.0 Å². The van der Waals surface area contributed by atoms with Gasteiger partial charge in [0.2, 0.25) is 17.7 Å². The molecule has 4 unspecified atom stereocenters. The Morgan fingerprint density at radius 3 is 2.12 bits per heavy atom. The predicted molar refractivity (Wildman–Crippen MR) is 119 cm³/mol. The number of carboxylic acids is 2. The lowest BCUT2D eigenvalue weighted by atomic mass is 9.99. The first-order valence-electron chi connectivity index (χ1n) is 10.5. The highest BCUT2D eigenvalue weighted by Crippen LogP contribution is 2.05. The summed E-state index contributed by atoms with van der Waals surface area (Å²) in [6, 6.07) is -3.44. The Hall–Kier alpha value is -3.42. The number of carboxylic acid groups (broad SMARTS) is 2. The summed E-state index contributed by atoms with van der Waals surface area (Å²) in [6.07, 6.45) is 0.180. The maximum absolute atomic E-state index is 12.6. The summed E-state index contributed by atoms with van der Waals surface area (Å²) < 4.78 is 0. The molecule has 0 bridgehead atoms. The number of hydrogen-bond donors (Lipinski definition) is 8. The molecule has 0 saturated heterocycles. The highest BCUT2D eigenvalue weighted by atomic mass is 16.4. The second-order valence-corrected chi connectivity index (χ2v) is 7.53. The summed E-state index contributed by atoms with van der Waals surface area (Å²) in [5, 5.41) is 25.2.